The van der Waals surface area contributed by atoms with Gasteiger partial charge in [0.25, 0.3) is 0 Å². The summed E-state index contributed by atoms with van der Waals surface area (Å²) in [5.74, 6) is -0.286. The van der Waals surface area contributed by atoms with E-state index in [9.17, 15) is 4.79 Å². The third-order valence-corrected chi connectivity index (χ3v) is 0.654. The van der Waals surface area contributed by atoms with Crippen molar-refractivity contribution >= 4 is 11.8 Å². The number of esters is 1. The number of hydrogen-bond donors (Lipinski definition) is 2. The molecular formula is C5H11N2O2+. The zero-order valence-electron chi connectivity index (χ0n) is 5.39. The predicted octanol–water partition coefficient (Wildman–Crippen LogP) is -1.94. The normalized spacial score (nSPS) is 8.56. The van der Waals surface area contributed by atoms with E-state index in [0.717, 1.165) is 0 Å². The van der Waals surface area contributed by atoms with Gasteiger partial charge in [0.2, 0.25) is 5.84 Å². The second kappa shape index (κ2) is 3.88. The molecule has 4 N–H and O–H groups in total. The third kappa shape index (κ3) is 4.80. The monoisotopic (exact) mass is 131 g/mol. The molecule has 0 heterocycles. The highest BCUT2D eigenvalue weighted by Crippen LogP contribution is 1.81. The highest BCUT2D eigenvalue weighted by molar-refractivity contribution is 5.93. The van der Waals surface area contributed by atoms with Gasteiger partial charge in [0.05, 0.1) is 6.61 Å². The lowest BCUT2D eigenvalue weighted by atomic mass is 10.4. The van der Waals surface area contributed by atoms with Gasteiger partial charge in [0, 0.05) is 0 Å². The van der Waals surface area contributed by atoms with Crippen LogP contribution in [0.15, 0.2) is 0 Å². The molecule has 0 unspecified atom stereocenters. The number of rotatable bonds is 3. The molecule has 0 saturated carbocycles. The molecule has 0 rings (SSSR count). The Kier molecular flexibility index (Phi) is 3.43. The first-order valence-electron chi connectivity index (χ1n) is 2.69. The first-order valence-corrected chi connectivity index (χ1v) is 2.69. The Morgan fingerprint density at radius 1 is 1.78 bits per heavy atom. The summed E-state index contributed by atoms with van der Waals surface area (Å²) in [5.41, 5.74) is 5.02. The van der Waals surface area contributed by atoms with Gasteiger partial charge >= 0.3 is 5.97 Å². The molecular weight excluding hydrogens is 120 g/mol. The molecule has 0 aromatic rings. The van der Waals surface area contributed by atoms with Crippen molar-refractivity contribution in [2.75, 3.05) is 6.61 Å². The molecule has 0 aliphatic heterocycles. The zero-order valence-corrected chi connectivity index (χ0v) is 5.39. The second-order valence-electron chi connectivity index (χ2n) is 1.56. The van der Waals surface area contributed by atoms with Crippen molar-refractivity contribution in [3.63, 3.8) is 0 Å². The lowest BCUT2D eigenvalue weighted by Gasteiger charge is -1.95. The van der Waals surface area contributed by atoms with E-state index < -0.39 is 0 Å². The third-order valence-electron chi connectivity index (χ3n) is 0.654. The minimum absolute atomic E-state index is 0.00778. The molecule has 0 fully saturated rings. The maximum absolute atomic E-state index is 10.5. The molecule has 0 atom stereocenters. The van der Waals surface area contributed by atoms with Crippen LogP contribution in [0.25, 0.3) is 0 Å². The van der Waals surface area contributed by atoms with E-state index >= 15 is 0 Å². The topological polar surface area (TPSA) is 77.9 Å². The Hall–Kier alpha value is -1.06. The van der Waals surface area contributed by atoms with Crippen LogP contribution in [-0.2, 0) is 9.53 Å². The van der Waals surface area contributed by atoms with Gasteiger partial charge in [-0.1, -0.05) is 0 Å². The molecule has 4 heteroatoms. The standard InChI is InChI=1S/C5H10N2O2/c1-2-9-5(8)3-4(6)7/h2-3H2,1H3,(H3,6,7)/p+1. The summed E-state index contributed by atoms with van der Waals surface area (Å²) in [6, 6.07) is 0. The number of carbonyl (C=O) groups excluding carboxylic acids is 1. The highest BCUT2D eigenvalue weighted by Gasteiger charge is 2.05. The summed E-state index contributed by atoms with van der Waals surface area (Å²) in [6.07, 6.45) is 0.00778. The molecule has 9 heavy (non-hydrogen) atoms. The molecule has 0 aromatic carbocycles. The van der Waals surface area contributed by atoms with Gasteiger partial charge in [-0.25, -0.2) is 0 Å². The average molecular weight is 131 g/mol. The van der Waals surface area contributed by atoms with Gasteiger partial charge < -0.3 is 4.74 Å². The first-order chi connectivity index (χ1) is 4.16. The maximum atomic E-state index is 10.5. The van der Waals surface area contributed by atoms with Crippen LogP contribution in [0.5, 0.6) is 0 Å². The predicted molar refractivity (Wildman–Crippen MR) is 32.4 cm³/mol. The quantitative estimate of drug-likeness (QED) is 0.265. The van der Waals surface area contributed by atoms with Crippen LogP contribution in [-0.4, -0.2) is 18.4 Å². The molecule has 0 aliphatic carbocycles. The SMILES string of the molecule is CCOC(=O)CC(N)=[NH2+]. The molecule has 0 bridgehead atoms. The molecule has 0 aliphatic rings. The zero-order chi connectivity index (χ0) is 7.28. The summed E-state index contributed by atoms with van der Waals surface area (Å²) >= 11 is 0. The van der Waals surface area contributed by atoms with E-state index in [0.29, 0.717) is 6.61 Å². The first kappa shape index (κ1) is 7.94. The molecule has 0 radical (unpaired) electrons. The Balaban J connectivity index is 3.39. The van der Waals surface area contributed by atoms with E-state index in [2.05, 4.69) is 4.74 Å². The van der Waals surface area contributed by atoms with Gasteiger partial charge in [0.1, 0.15) is 6.42 Å². The van der Waals surface area contributed by atoms with E-state index in [-0.39, 0.29) is 18.2 Å². The lowest BCUT2D eigenvalue weighted by molar-refractivity contribution is -0.145. The lowest BCUT2D eigenvalue weighted by Crippen LogP contribution is -2.46. The van der Waals surface area contributed by atoms with E-state index in [1.54, 1.807) is 6.92 Å². The van der Waals surface area contributed by atoms with Crippen LogP contribution < -0.4 is 11.1 Å². The summed E-state index contributed by atoms with van der Waals surface area (Å²) < 4.78 is 4.53. The minimum Gasteiger partial charge on any atom is -0.466 e. The van der Waals surface area contributed by atoms with Gasteiger partial charge in [0.15, 0.2) is 0 Å². The van der Waals surface area contributed by atoms with Gasteiger partial charge in [-0.2, -0.15) is 0 Å². The van der Waals surface area contributed by atoms with Gasteiger partial charge in [-0.15, -0.1) is 0 Å². The minimum atomic E-state index is -0.377. The van der Waals surface area contributed by atoms with Crippen LogP contribution >= 0.6 is 0 Å². The number of nitrogens with two attached hydrogens (primary N) is 2. The van der Waals surface area contributed by atoms with E-state index in [4.69, 9.17) is 11.1 Å². The number of amidine groups is 1. The second-order valence-corrected chi connectivity index (χ2v) is 1.56. The fraction of sp³-hybridized carbons (Fsp3) is 0.600. The van der Waals surface area contributed by atoms with Gasteiger partial charge in [-0.05, 0) is 6.92 Å². The molecule has 0 saturated heterocycles. The maximum Gasteiger partial charge on any atom is 0.318 e. The average Bonchev–Trinajstić information content (AvgIpc) is 1.63. The van der Waals surface area contributed by atoms with Crippen molar-refractivity contribution in [3.8, 4) is 0 Å². The summed E-state index contributed by atoms with van der Waals surface area (Å²) in [5, 5.41) is 5.02. The van der Waals surface area contributed by atoms with Crippen molar-refractivity contribution < 1.29 is 14.9 Å². The van der Waals surface area contributed by atoms with Crippen molar-refractivity contribution in [2.24, 2.45) is 5.73 Å². The van der Waals surface area contributed by atoms with Crippen molar-refractivity contribution in [3.05, 3.63) is 0 Å². The molecule has 4 nitrogen and oxygen atoms in total. The number of ether oxygens (including phenoxy) is 1. The highest BCUT2D eigenvalue weighted by atomic mass is 16.5. The van der Waals surface area contributed by atoms with Crippen molar-refractivity contribution in [2.45, 2.75) is 13.3 Å². The number of hydrogen-bond acceptors (Lipinski definition) is 2. The van der Waals surface area contributed by atoms with Crippen molar-refractivity contribution in [1.82, 2.24) is 0 Å². The largest absolute Gasteiger partial charge is 0.466 e. The Labute approximate surface area is 53.5 Å². The Morgan fingerprint density at radius 3 is 2.67 bits per heavy atom. The molecule has 0 aromatic heterocycles. The summed E-state index contributed by atoms with van der Waals surface area (Å²) in [6.45, 7) is 2.09. The fourth-order valence-electron chi connectivity index (χ4n) is 0.379. The van der Waals surface area contributed by atoms with Crippen LogP contribution in [0, 0.1) is 0 Å². The molecule has 52 valence electrons. The molecule has 0 spiro atoms. The summed E-state index contributed by atoms with van der Waals surface area (Å²) in [4.78, 5) is 10.5. The molecule has 0 amide bonds. The van der Waals surface area contributed by atoms with Crippen LogP contribution in [0.3, 0.4) is 0 Å². The van der Waals surface area contributed by atoms with E-state index in [1.807, 2.05) is 0 Å². The summed E-state index contributed by atoms with van der Waals surface area (Å²) in [7, 11) is 0. The fourth-order valence-corrected chi connectivity index (χ4v) is 0.379. The smallest absolute Gasteiger partial charge is 0.318 e. The van der Waals surface area contributed by atoms with Gasteiger partial charge in [-0.3, -0.25) is 15.9 Å². The Morgan fingerprint density at radius 2 is 2.33 bits per heavy atom. The van der Waals surface area contributed by atoms with Crippen LogP contribution in [0.2, 0.25) is 0 Å². The number of carbonyl (C=O) groups is 1. The van der Waals surface area contributed by atoms with Crippen molar-refractivity contribution in [1.29, 1.82) is 0 Å². The van der Waals surface area contributed by atoms with Crippen LogP contribution in [0.1, 0.15) is 13.3 Å². The van der Waals surface area contributed by atoms with Crippen LogP contribution in [0.4, 0.5) is 0 Å². The Bertz CT molecular complexity index is 122. The van der Waals surface area contributed by atoms with E-state index in [1.165, 1.54) is 0 Å².